The number of phenols is 1. The number of nitrogens with zero attached hydrogens (tertiary/aromatic N) is 2. The summed E-state index contributed by atoms with van der Waals surface area (Å²) in [4.78, 5) is 31.4. The molecule has 4 aliphatic rings. The smallest absolute Gasteiger partial charge is 0.252 e. The number of phenolic OH excluding ortho intramolecular Hbond substituents is 1. The summed E-state index contributed by atoms with van der Waals surface area (Å²) < 4.78 is 6.19. The zero-order chi connectivity index (χ0) is 38.4. The third-order valence-corrected chi connectivity index (χ3v) is 10.6. The van der Waals surface area contributed by atoms with Gasteiger partial charge in [0, 0.05) is 93.8 Å². The molecule has 4 unspecified atom stereocenters. The summed E-state index contributed by atoms with van der Waals surface area (Å²) in [6.45, 7) is 4.90. The molecule has 1 aromatic carbocycles. The van der Waals surface area contributed by atoms with E-state index in [1.807, 2.05) is 44.1 Å². The molecule has 0 bridgehead atoms. The Morgan fingerprint density at radius 1 is 1.09 bits per heavy atom. The second kappa shape index (κ2) is 18.4. The summed E-state index contributed by atoms with van der Waals surface area (Å²) in [5.41, 5.74) is 23.1. The van der Waals surface area contributed by atoms with Gasteiger partial charge in [-0.1, -0.05) is 20.4 Å². The van der Waals surface area contributed by atoms with Crippen molar-refractivity contribution >= 4 is 29.8 Å². The number of aliphatic hydroxyl groups is 1. The standard InChI is InChI=1S/C37H49N7O5.C2H7N.CH4/c1-19-29-22(15-28(45)30(19)37(42)48)12-21-13-26-27(43(2)3)14-23(16-44(17-24(40)8-10-38)18-25(41)9-11-39)34(46)32(26)35(47)31(21)33(29)36(49-4)20-6-5-7-20;1-3-2;/h8-11,14,20-22,29,36,38-39,45-46H,1,5-7,12-13,15-18,40-41H2,2-4H3,(H2,42,48);3H,1-2H3;1H4/b24-8-,25-9-,38-10?,39-11?;;. The monoisotopic (exact) mass is 732 g/mol. The van der Waals surface area contributed by atoms with E-state index in [1.165, 1.54) is 12.2 Å². The van der Waals surface area contributed by atoms with Gasteiger partial charge in [-0.3, -0.25) is 14.5 Å². The largest absolute Gasteiger partial charge is 0.511 e. The van der Waals surface area contributed by atoms with Gasteiger partial charge >= 0.3 is 0 Å². The molecule has 0 spiro atoms. The SMILES string of the molecule is C.C=C1C(C(N)=O)=C(O)CC2CC3Cc4c(N(C)C)cc(CN(C/C(N)=C/C=N)C/C(N)=C/C=N)c(O)c4C(=O)C3=C(C(OC)C3CCC3)C12.CNC. The number of nitrogens with two attached hydrogens (primary N) is 3. The number of primary amides is 1. The number of aliphatic hydroxyl groups excluding tert-OH is 1. The maximum absolute atomic E-state index is 15.0. The molecule has 1 saturated carbocycles. The van der Waals surface area contributed by atoms with E-state index in [1.54, 1.807) is 7.11 Å². The van der Waals surface area contributed by atoms with E-state index in [9.17, 15) is 15.0 Å². The van der Waals surface area contributed by atoms with Crippen LogP contribution in [0.4, 0.5) is 5.69 Å². The minimum Gasteiger partial charge on any atom is -0.511 e. The third kappa shape index (κ3) is 8.75. The molecule has 1 fully saturated rings. The van der Waals surface area contributed by atoms with Crippen molar-refractivity contribution in [1.29, 1.82) is 10.8 Å². The number of hydrogen-bond donors (Lipinski definition) is 8. The van der Waals surface area contributed by atoms with E-state index in [0.29, 0.717) is 40.9 Å². The Balaban J connectivity index is 0.00000183. The first-order chi connectivity index (χ1) is 24.7. The Kier molecular flexibility index (Phi) is 14.8. The van der Waals surface area contributed by atoms with Gasteiger partial charge in [0.2, 0.25) is 0 Å². The van der Waals surface area contributed by atoms with Crippen molar-refractivity contribution in [3.8, 4) is 5.75 Å². The van der Waals surface area contributed by atoms with Crippen molar-refractivity contribution in [1.82, 2.24) is 10.2 Å². The van der Waals surface area contributed by atoms with Crippen LogP contribution in [0.1, 0.15) is 61.0 Å². The number of Topliss-reactive ketones (excluding diaryl/α,β-unsaturated/α-hetero) is 1. The zero-order valence-electron chi connectivity index (χ0n) is 31.1. The van der Waals surface area contributed by atoms with Crippen molar-refractivity contribution in [2.24, 2.45) is 40.9 Å². The molecule has 0 radical (unpaired) electrons. The maximum atomic E-state index is 15.0. The first kappa shape index (κ1) is 42.7. The number of carbonyl (C=O) groups excluding carboxylic acids is 2. The van der Waals surface area contributed by atoms with Crippen LogP contribution in [0.3, 0.4) is 0 Å². The van der Waals surface area contributed by atoms with E-state index in [4.69, 9.17) is 32.8 Å². The first-order valence-corrected chi connectivity index (χ1v) is 17.7. The Morgan fingerprint density at radius 2 is 1.68 bits per heavy atom. The molecule has 4 aliphatic carbocycles. The first-order valence-electron chi connectivity index (χ1n) is 17.7. The minimum atomic E-state index is -0.750. The molecule has 5 rings (SSSR count). The van der Waals surface area contributed by atoms with Crippen LogP contribution in [-0.4, -0.2) is 93.7 Å². The number of anilines is 1. The van der Waals surface area contributed by atoms with Crippen LogP contribution in [0.5, 0.6) is 5.75 Å². The predicted octanol–water partition coefficient (Wildman–Crippen LogP) is 4.08. The Hall–Kier alpha value is -4.72. The van der Waals surface area contributed by atoms with Crippen LogP contribution in [0.25, 0.3) is 0 Å². The molecule has 0 aromatic heterocycles. The van der Waals surface area contributed by atoms with E-state index in [-0.39, 0.29) is 79.7 Å². The molecule has 1 aromatic rings. The number of methoxy groups -OCH3 is 1. The molecule has 4 atom stereocenters. The number of amides is 1. The second-order valence-electron chi connectivity index (χ2n) is 14.4. The van der Waals surface area contributed by atoms with Gasteiger partial charge in [0.15, 0.2) is 5.78 Å². The fraction of sp³-hybridized carbons (Fsp3) is 0.500. The van der Waals surface area contributed by atoms with Crippen LogP contribution < -0.4 is 27.4 Å². The normalized spacial score (nSPS) is 22.0. The average Bonchev–Trinajstić information content (AvgIpc) is 3.03. The van der Waals surface area contributed by atoms with Gasteiger partial charge in [-0.15, -0.1) is 0 Å². The molecule has 0 heterocycles. The lowest BCUT2D eigenvalue weighted by Crippen LogP contribution is -2.45. The fourth-order valence-electron chi connectivity index (χ4n) is 8.44. The number of aromatic hydroxyl groups is 1. The highest BCUT2D eigenvalue weighted by Crippen LogP contribution is 2.56. The van der Waals surface area contributed by atoms with Gasteiger partial charge in [0.05, 0.1) is 17.2 Å². The number of allylic oxidation sites excluding steroid dienone is 4. The predicted molar refractivity (Wildman–Crippen MR) is 212 cm³/mol. The van der Waals surface area contributed by atoms with Crippen LogP contribution >= 0.6 is 0 Å². The van der Waals surface area contributed by atoms with Gasteiger partial charge < -0.3 is 53.2 Å². The summed E-state index contributed by atoms with van der Waals surface area (Å²) in [7, 11) is 9.20. The summed E-state index contributed by atoms with van der Waals surface area (Å²) in [5.74, 6) is -1.72. The molecular weight excluding hydrogens is 672 g/mol. The fourth-order valence-corrected chi connectivity index (χ4v) is 8.44. The number of benzene rings is 1. The summed E-state index contributed by atoms with van der Waals surface area (Å²) in [6.07, 6.45) is 9.04. The summed E-state index contributed by atoms with van der Waals surface area (Å²) >= 11 is 0. The number of carbonyl (C=O) groups is 2. The molecule has 0 aliphatic heterocycles. The zero-order valence-corrected chi connectivity index (χ0v) is 31.1. The Bertz CT molecular complexity index is 1690. The number of hydrogen-bond acceptors (Lipinski definition) is 12. The molecule has 1 amide bonds. The van der Waals surface area contributed by atoms with Crippen molar-refractivity contribution in [2.75, 3.05) is 53.3 Å². The maximum Gasteiger partial charge on any atom is 0.252 e. The van der Waals surface area contributed by atoms with Crippen LogP contribution in [0.2, 0.25) is 0 Å². The number of rotatable bonds is 13. The van der Waals surface area contributed by atoms with Gasteiger partial charge in [-0.05, 0) is 92.5 Å². The van der Waals surface area contributed by atoms with Gasteiger partial charge in [-0.25, -0.2) is 0 Å². The highest BCUT2D eigenvalue weighted by atomic mass is 16.5. The van der Waals surface area contributed by atoms with Crippen molar-refractivity contribution in [3.05, 3.63) is 80.9 Å². The van der Waals surface area contributed by atoms with Crippen molar-refractivity contribution < 1.29 is 24.5 Å². The number of ketones is 1. The van der Waals surface area contributed by atoms with Crippen LogP contribution in [-0.2, 0) is 22.5 Å². The van der Waals surface area contributed by atoms with Crippen LogP contribution in [0, 0.1) is 34.5 Å². The molecule has 13 heteroatoms. The number of ether oxygens (including phenoxy) is 1. The number of nitrogens with one attached hydrogen (secondary N) is 3. The molecule has 13 nitrogen and oxygen atoms in total. The number of fused-ring (bicyclic) bond motifs is 3. The molecular formula is C40H60N8O5. The summed E-state index contributed by atoms with van der Waals surface area (Å²) in [6, 6.07) is 1.89. The van der Waals surface area contributed by atoms with E-state index >= 15 is 4.79 Å². The van der Waals surface area contributed by atoms with Crippen molar-refractivity contribution in [3.63, 3.8) is 0 Å². The van der Waals surface area contributed by atoms with E-state index in [0.717, 1.165) is 48.5 Å². The molecule has 53 heavy (non-hydrogen) atoms. The summed E-state index contributed by atoms with van der Waals surface area (Å²) in [5, 5.41) is 40.5. The third-order valence-electron chi connectivity index (χ3n) is 10.6. The Labute approximate surface area is 314 Å². The van der Waals surface area contributed by atoms with Gasteiger partial charge in [0.1, 0.15) is 11.5 Å². The lowest BCUT2D eigenvalue weighted by atomic mass is 9.56. The van der Waals surface area contributed by atoms with E-state index in [2.05, 4.69) is 11.9 Å². The van der Waals surface area contributed by atoms with Gasteiger partial charge in [0.25, 0.3) is 5.91 Å². The topological polar surface area (TPSA) is 228 Å². The highest BCUT2D eigenvalue weighted by molar-refractivity contribution is 6.15. The molecule has 290 valence electrons. The lowest BCUT2D eigenvalue weighted by Gasteiger charge is -2.48. The average molecular weight is 733 g/mol. The van der Waals surface area contributed by atoms with E-state index < -0.39 is 17.9 Å². The Morgan fingerprint density at radius 3 is 2.15 bits per heavy atom. The molecule has 11 N–H and O–H groups in total. The van der Waals surface area contributed by atoms with Crippen molar-refractivity contribution in [2.45, 2.75) is 58.6 Å². The molecule has 0 saturated heterocycles. The quantitative estimate of drug-likeness (QED) is 0.136. The highest BCUT2D eigenvalue weighted by Gasteiger charge is 2.51. The lowest BCUT2D eigenvalue weighted by molar-refractivity contribution is -0.114. The second-order valence-corrected chi connectivity index (χ2v) is 14.4. The van der Waals surface area contributed by atoms with Crippen LogP contribution in [0.15, 0.2) is 64.2 Å². The minimum absolute atomic E-state index is 0. The van der Waals surface area contributed by atoms with Gasteiger partial charge in [-0.2, -0.15) is 0 Å².